The molecule has 1 rings (SSSR count). The van der Waals surface area contributed by atoms with Gasteiger partial charge in [0.25, 0.3) is 5.91 Å². The van der Waals surface area contributed by atoms with E-state index in [0.29, 0.717) is 10.6 Å². The van der Waals surface area contributed by atoms with E-state index in [2.05, 4.69) is 5.32 Å². The molecule has 0 saturated heterocycles. The quantitative estimate of drug-likeness (QED) is 0.837. The molecule has 1 aromatic carbocycles. The lowest BCUT2D eigenvalue weighted by atomic mass is 10.1. The Morgan fingerprint density at radius 3 is 2.29 bits per heavy atom. The summed E-state index contributed by atoms with van der Waals surface area (Å²) in [4.78, 5) is 34.4. The number of hydrogen-bond donors (Lipinski definition) is 2. The highest BCUT2D eigenvalue weighted by atomic mass is 35.5. The van der Waals surface area contributed by atoms with Crippen molar-refractivity contribution in [2.24, 2.45) is 5.92 Å². The third-order valence-electron chi connectivity index (χ3n) is 2.60. The van der Waals surface area contributed by atoms with Gasteiger partial charge in [-0.2, -0.15) is 0 Å². The van der Waals surface area contributed by atoms with Crippen LogP contribution in [0.5, 0.6) is 0 Å². The van der Waals surface area contributed by atoms with Gasteiger partial charge >= 0.3 is 5.97 Å². The second kappa shape index (κ2) is 8.05. The van der Waals surface area contributed by atoms with Crippen molar-refractivity contribution in [3.63, 3.8) is 0 Å². The third-order valence-corrected chi connectivity index (χ3v) is 4.39. The standard InChI is InChI=1S/C14H16ClNO4S/c1-8(2)12(14(19)20)21-7-11(17)16-13(18)9-3-5-10(15)6-4-9/h3-6,8,12H,7H2,1-2H3,(H,19,20)(H,16,17,18). The van der Waals surface area contributed by atoms with Gasteiger partial charge in [0.05, 0.1) is 5.75 Å². The number of benzene rings is 1. The number of carbonyl (C=O) groups is 3. The van der Waals surface area contributed by atoms with Gasteiger partial charge in [-0.05, 0) is 30.2 Å². The van der Waals surface area contributed by atoms with Crippen molar-refractivity contribution in [3.05, 3.63) is 34.9 Å². The summed E-state index contributed by atoms with van der Waals surface area (Å²) in [6, 6.07) is 6.11. The molecule has 0 heterocycles. The number of halogens is 1. The van der Waals surface area contributed by atoms with Crippen molar-refractivity contribution in [1.82, 2.24) is 5.32 Å². The van der Waals surface area contributed by atoms with Crippen LogP contribution in [-0.4, -0.2) is 33.9 Å². The lowest BCUT2D eigenvalue weighted by Gasteiger charge is -2.15. The molecule has 1 atom stereocenters. The van der Waals surface area contributed by atoms with Crippen LogP contribution in [-0.2, 0) is 9.59 Å². The van der Waals surface area contributed by atoms with Crippen molar-refractivity contribution in [2.75, 3.05) is 5.75 Å². The maximum Gasteiger partial charge on any atom is 0.316 e. The number of thioether (sulfide) groups is 1. The second-order valence-corrected chi connectivity index (χ2v) is 6.26. The van der Waals surface area contributed by atoms with Crippen molar-refractivity contribution < 1.29 is 19.5 Å². The lowest BCUT2D eigenvalue weighted by Crippen LogP contribution is -2.33. The first-order valence-electron chi connectivity index (χ1n) is 6.25. The van der Waals surface area contributed by atoms with Crippen molar-refractivity contribution in [1.29, 1.82) is 0 Å². The molecule has 2 amide bonds. The van der Waals surface area contributed by atoms with Gasteiger partial charge in [0, 0.05) is 10.6 Å². The number of carbonyl (C=O) groups excluding carboxylic acids is 2. The molecule has 5 nitrogen and oxygen atoms in total. The van der Waals surface area contributed by atoms with Crippen LogP contribution < -0.4 is 5.32 Å². The minimum Gasteiger partial charge on any atom is -0.480 e. The Morgan fingerprint density at radius 1 is 1.24 bits per heavy atom. The zero-order chi connectivity index (χ0) is 16.0. The minimum atomic E-state index is -0.966. The van der Waals surface area contributed by atoms with Crippen LogP contribution in [0.3, 0.4) is 0 Å². The highest BCUT2D eigenvalue weighted by Crippen LogP contribution is 2.19. The average Bonchev–Trinajstić information content (AvgIpc) is 2.38. The van der Waals surface area contributed by atoms with Crippen molar-refractivity contribution in [2.45, 2.75) is 19.1 Å². The second-order valence-electron chi connectivity index (χ2n) is 4.70. The average molecular weight is 330 g/mol. The fourth-order valence-corrected chi connectivity index (χ4v) is 2.61. The molecule has 114 valence electrons. The summed E-state index contributed by atoms with van der Waals surface area (Å²) in [5.41, 5.74) is 0.316. The number of amides is 2. The van der Waals surface area contributed by atoms with E-state index in [1.54, 1.807) is 26.0 Å². The van der Waals surface area contributed by atoms with E-state index >= 15 is 0 Å². The molecule has 0 bridgehead atoms. The Balaban J connectivity index is 2.52. The maximum atomic E-state index is 11.8. The minimum absolute atomic E-state index is 0.0888. The Bertz CT molecular complexity index is 530. The first-order chi connectivity index (χ1) is 9.81. The lowest BCUT2D eigenvalue weighted by molar-refractivity contribution is -0.137. The van der Waals surface area contributed by atoms with Gasteiger partial charge in [0.1, 0.15) is 5.25 Å². The number of carboxylic acid groups (broad SMARTS) is 1. The third kappa shape index (κ3) is 5.77. The zero-order valence-electron chi connectivity index (χ0n) is 11.6. The number of nitrogens with one attached hydrogen (secondary N) is 1. The van der Waals surface area contributed by atoms with E-state index in [0.717, 1.165) is 11.8 Å². The zero-order valence-corrected chi connectivity index (χ0v) is 13.2. The molecule has 0 saturated carbocycles. The van der Waals surface area contributed by atoms with Crippen LogP contribution >= 0.6 is 23.4 Å². The van der Waals surface area contributed by atoms with Crippen LogP contribution in [0.2, 0.25) is 5.02 Å². The van der Waals surface area contributed by atoms with Gasteiger partial charge in [-0.15, -0.1) is 11.8 Å². The first-order valence-corrected chi connectivity index (χ1v) is 7.68. The Morgan fingerprint density at radius 2 is 1.81 bits per heavy atom. The predicted octanol–water partition coefficient (Wildman–Crippen LogP) is 2.44. The fourth-order valence-electron chi connectivity index (χ4n) is 1.55. The molecule has 0 aliphatic carbocycles. The number of carboxylic acids is 1. The molecule has 7 heteroatoms. The summed E-state index contributed by atoms with van der Waals surface area (Å²) >= 11 is 6.71. The summed E-state index contributed by atoms with van der Waals surface area (Å²) < 4.78 is 0. The van der Waals surface area contributed by atoms with E-state index in [9.17, 15) is 14.4 Å². The van der Waals surface area contributed by atoms with Gasteiger partial charge < -0.3 is 5.11 Å². The smallest absolute Gasteiger partial charge is 0.316 e. The van der Waals surface area contributed by atoms with Crippen LogP contribution in [0.15, 0.2) is 24.3 Å². The van der Waals surface area contributed by atoms with E-state index in [-0.39, 0.29) is 11.7 Å². The highest BCUT2D eigenvalue weighted by molar-refractivity contribution is 8.01. The Hall–Kier alpha value is -1.53. The number of imide groups is 1. The summed E-state index contributed by atoms with van der Waals surface area (Å²) in [6.07, 6.45) is 0. The number of aliphatic carboxylic acids is 1. The van der Waals surface area contributed by atoms with Gasteiger partial charge in [-0.3, -0.25) is 19.7 Å². The van der Waals surface area contributed by atoms with Crippen LogP contribution in [0.4, 0.5) is 0 Å². The molecule has 0 aliphatic rings. The van der Waals surface area contributed by atoms with Crippen molar-refractivity contribution >= 4 is 41.1 Å². The van der Waals surface area contributed by atoms with Crippen molar-refractivity contribution in [3.8, 4) is 0 Å². The van der Waals surface area contributed by atoms with Gasteiger partial charge in [0.2, 0.25) is 5.91 Å². The van der Waals surface area contributed by atoms with Gasteiger partial charge in [-0.25, -0.2) is 0 Å². The first kappa shape index (κ1) is 17.5. The van der Waals surface area contributed by atoms with Crippen LogP contribution in [0.25, 0.3) is 0 Å². The molecule has 1 unspecified atom stereocenters. The summed E-state index contributed by atoms with van der Waals surface area (Å²) in [6.45, 7) is 3.53. The van der Waals surface area contributed by atoms with E-state index < -0.39 is 23.0 Å². The molecule has 21 heavy (non-hydrogen) atoms. The largest absolute Gasteiger partial charge is 0.480 e. The summed E-state index contributed by atoms with van der Waals surface area (Å²) in [7, 11) is 0. The molecule has 0 spiro atoms. The molecule has 0 aliphatic heterocycles. The monoisotopic (exact) mass is 329 g/mol. The molecule has 2 N–H and O–H groups in total. The summed E-state index contributed by atoms with van der Waals surface area (Å²) in [5, 5.41) is 11.0. The number of rotatable bonds is 6. The normalized spacial score (nSPS) is 12.0. The van der Waals surface area contributed by atoms with E-state index in [1.165, 1.54) is 12.1 Å². The molecule has 1 aromatic rings. The molecule has 0 radical (unpaired) electrons. The van der Waals surface area contributed by atoms with Crippen LogP contribution in [0.1, 0.15) is 24.2 Å². The fraction of sp³-hybridized carbons (Fsp3) is 0.357. The SMILES string of the molecule is CC(C)C(SCC(=O)NC(=O)c1ccc(Cl)cc1)C(=O)O. The highest BCUT2D eigenvalue weighted by Gasteiger charge is 2.23. The van der Waals surface area contributed by atoms with Crippen LogP contribution in [0, 0.1) is 5.92 Å². The maximum absolute atomic E-state index is 11.8. The number of hydrogen-bond acceptors (Lipinski definition) is 4. The van der Waals surface area contributed by atoms with E-state index in [1.807, 2.05) is 0 Å². The Labute approximate surface area is 132 Å². The Kier molecular flexibility index (Phi) is 6.71. The molecule has 0 aromatic heterocycles. The van der Waals surface area contributed by atoms with Gasteiger partial charge in [0.15, 0.2) is 0 Å². The van der Waals surface area contributed by atoms with E-state index in [4.69, 9.17) is 16.7 Å². The topological polar surface area (TPSA) is 83.5 Å². The predicted molar refractivity (Wildman–Crippen MR) is 82.6 cm³/mol. The molecular formula is C14H16ClNO4S. The molecular weight excluding hydrogens is 314 g/mol. The summed E-state index contributed by atoms with van der Waals surface area (Å²) in [5.74, 6) is -2.21. The van der Waals surface area contributed by atoms with Gasteiger partial charge in [-0.1, -0.05) is 25.4 Å². The molecule has 0 fully saturated rings.